The van der Waals surface area contributed by atoms with Gasteiger partial charge < -0.3 is 19.8 Å². The number of hydrogen-bond donors (Lipinski definition) is 2. The third kappa shape index (κ3) is 3.39. The molecule has 2 aromatic carbocycles. The lowest BCUT2D eigenvalue weighted by molar-refractivity contribution is 0.0943. The lowest BCUT2D eigenvalue weighted by atomic mass is 10.1. The summed E-state index contributed by atoms with van der Waals surface area (Å²) in [7, 11) is 0. The molecule has 1 amide bonds. The van der Waals surface area contributed by atoms with Crippen molar-refractivity contribution in [3.63, 3.8) is 0 Å². The molecular formula is C20H19N3O3. The van der Waals surface area contributed by atoms with Crippen molar-refractivity contribution >= 4 is 5.91 Å². The molecule has 0 radical (unpaired) electrons. The van der Waals surface area contributed by atoms with Gasteiger partial charge in [0.2, 0.25) is 0 Å². The molecule has 0 fully saturated rings. The zero-order valence-corrected chi connectivity index (χ0v) is 14.2. The molecule has 1 aliphatic rings. The van der Waals surface area contributed by atoms with Crippen LogP contribution < -0.4 is 14.8 Å². The summed E-state index contributed by atoms with van der Waals surface area (Å²) in [6, 6.07) is 15.3. The molecule has 0 bridgehead atoms. The van der Waals surface area contributed by atoms with Gasteiger partial charge in [-0.25, -0.2) is 4.98 Å². The monoisotopic (exact) mass is 349 g/mol. The number of aromatic amines is 1. The number of ether oxygens (including phenoxy) is 2. The van der Waals surface area contributed by atoms with Crippen molar-refractivity contribution in [2.24, 2.45) is 0 Å². The van der Waals surface area contributed by atoms with E-state index >= 15 is 0 Å². The number of nitrogens with zero attached hydrogens (tertiary/aromatic N) is 1. The van der Waals surface area contributed by atoms with E-state index in [1.54, 1.807) is 18.2 Å². The number of rotatable bonds is 5. The van der Waals surface area contributed by atoms with Gasteiger partial charge >= 0.3 is 0 Å². The number of hydrogen-bond acceptors (Lipinski definition) is 4. The van der Waals surface area contributed by atoms with Gasteiger partial charge in [-0.05, 0) is 17.7 Å². The Hall–Kier alpha value is -3.28. The second-order valence-corrected chi connectivity index (χ2v) is 5.95. The Labute approximate surface area is 151 Å². The van der Waals surface area contributed by atoms with Gasteiger partial charge in [0.25, 0.3) is 5.91 Å². The lowest BCUT2D eigenvalue weighted by Crippen LogP contribution is -2.27. The van der Waals surface area contributed by atoms with Gasteiger partial charge in [0.15, 0.2) is 11.5 Å². The summed E-state index contributed by atoms with van der Waals surface area (Å²) in [5.74, 6) is 1.78. The Balaban J connectivity index is 1.37. The molecule has 1 aromatic heterocycles. The van der Waals surface area contributed by atoms with Gasteiger partial charge in [-0.3, -0.25) is 4.79 Å². The summed E-state index contributed by atoms with van der Waals surface area (Å²) >= 11 is 0. The average molecular weight is 349 g/mol. The van der Waals surface area contributed by atoms with E-state index in [4.69, 9.17) is 9.47 Å². The summed E-state index contributed by atoms with van der Waals surface area (Å²) in [6.07, 6.45) is 2.43. The Bertz CT molecular complexity index is 906. The van der Waals surface area contributed by atoms with Crippen molar-refractivity contribution < 1.29 is 14.3 Å². The SMILES string of the molecule is O=C(NCCc1ncc(-c2ccccc2)[nH]1)c1cccc2c1OCCO2. The second kappa shape index (κ2) is 7.31. The molecule has 0 saturated heterocycles. The number of fused-ring (bicyclic) bond motifs is 1. The fourth-order valence-electron chi connectivity index (χ4n) is 2.90. The van der Waals surface area contributed by atoms with Crippen LogP contribution in [0.4, 0.5) is 0 Å². The predicted octanol–water partition coefficient (Wildman–Crippen LogP) is 2.82. The highest BCUT2D eigenvalue weighted by molar-refractivity contribution is 5.97. The molecule has 26 heavy (non-hydrogen) atoms. The van der Waals surface area contributed by atoms with E-state index in [2.05, 4.69) is 15.3 Å². The van der Waals surface area contributed by atoms with Crippen molar-refractivity contribution in [3.8, 4) is 22.8 Å². The topological polar surface area (TPSA) is 76.2 Å². The Morgan fingerprint density at radius 3 is 2.81 bits per heavy atom. The van der Waals surface area contributed by atoms with Crippen LogP contribution in [0.1, 0.15) is 16.2 Å². The largest absolute Gasteiger partial charge is 0.486 e. The Morgan fingerprint density at radius 2 is 1.92 bits per heavy atom. The van der Waals surface area contributed by atoms with Gasteiger partial charge in [0, 0.05) is 13.0 Å². The zero-order valence-electron chi connectivity index (χ0n) is 14.2. The van der Waals surface area contributed by atoms with Crippen LogP contribution in [0, 0.1) is 0 Å². The van der Waals surface area contributed by atoms with E-state index in [-0.39, 0.29) is 5.91 Å². The molecule has 0 saturated carbocycles. The van der Waals surface area contributed by atoms with Crippen molar-refractivity contribution in [3.05, 3.63) is 66.1 Å². The molecular weight excluding hydrogens is 330 g/mol. The van der Waals surface area contributed by atoms with Gasteiger partial charge in [-0.1, -0.05) is 36.4 Å². The molecule has 0 spiro atoms. The number of H-pyrrole nitrogens is 1. The van der Waals surface area contributed by atoms with Crippen LogP contribution in [-0.2, 0) is 6.42 Å². The van der Waals surface area contributed by atoms with Crippen LogP contribution in [0.15, 0.2) is 54.7 Å². The van der Waals surface area contributed by atoms with Crippen LogP contribution >= 0.6 is 0 Å². The third-order valence-electron chi connectivity index (χ3n) is 4.17. The predicted molar refractivity (Wildman–Crippen MR) is 97.5 cm³/mol. The van der Waals surface area contributed by atoms with Gasteiger partial charge in [-0.2, -0.15) is 0 Å². The van der Waals surface area contributed by atoms with Crippen molar-refractivity contribution in [1.82, 2.24) is 15.3 Å². The number of carbonyl (C=O) groups excluding carboxylic acids is 1. The first-order chi connectivity index (χ1) is 12.8. The van der Waals surface area contributed by atoms with Crippen molar-refractivity contribution in [1.29, 1.82) is 0 Å². The van der Waals surface area contributed by atoms with Crippen LogP contribution in [-0.4, -0.2) is 35.6 Å². The number of nitrogens with one attached hydrogen (secondary N) is 2. The number of para-hydroxylation sites is 1. The van der Waals surface area contributed by atoms with E-state index in [1.807, 2.05) is 36.5 Å². The Morgan fingerprint density at radius 1 is 1.08 bits per heavy atom. The normalized spacial score (nSPS) is 12.6. The number of carbonyl (C=O) groups is 1. The summed E-state index contributed by atoms with van der Waals surface area (Å²) in [5, 5.41) is 2.91. The molecule has 0 unspecified atom stereocenters. The number of imidazole rings is 1. The van der Waals surface area contributed by atoms with Crippen molar-refractivity contribution in [2.75, 3.05) is 19.8 Å². The molecule has 3 aromatic rings. The molecule has 6 heteroatoms. The highest BCUT2D eigenvalue weighted by atomic mass is 16.6. The number of benzene rings is 2. The van der Waals surface area contributed by atoms with Crippen LogP contribution in [0.25, 0.3) is 11.3 Å². The molecule has 4 rings (SSSR count). The summed E-state index contributed by atoms with van der Waals surface area (Å²) in [6.45, 7) is 1.43. The molecule has 2 N–H and O–H groups in total. The molecule has 6 nitrogen and oxygen atoms in total. The molecule has 0 atom stereocenters. The first-order valence-corrected chi connectivity index (χ1v) is 8.57. The first kappa shape index (κ1) is 16.2. The first-order valence-electron chi connectivity index (χ1n) is 8.57. The quantitative estimate of drug-likeness (QED) is 0.743. The molecule has 1 aliphatic heterocycles. The number of amides is 1. The molecule has 0 aliphatic carbocycles. The molecule has 132 valence electrons. The maximum atomic E-state index is 12.5. The second-order valence-electron chi connectivity index (χ2n) is 5.95. The van der Waals surface area contributed by atoms with E-state index in [0.717, 1.165) is 17.1 Å². The summed E-state index contributed by atoms with van der Waals surface area (Å²) in [5.41, 5.74) is 2.55. The van der Waals surface area contributed by atoms with Crippen molar-refractivity contribution in [2.45, 2.75) is 6.42 Å². The Kier molecular flexibility index (Phi) is 4.55. The van der Waals surface area contributed by atoms with E-state index in [0.29, 0.717) is 43.2 Å². The smallest absolute Gasteiger partial charge is 0.255 e. The fourth-order valence-corrected chi connectivity index (χ4v) is 2.90. The maximum Gasteiger partial charge on any atom is 0.255 e. The fraction of sp³-hybridized carbons (Fsp3) is 0.200. The maximum absolute atomic E-state index is 12.5. The number of aromatic nitrogens is 2. The summed E-state index contributed by atoms with van der Waals surface area (Å²) < 4.78 is 11.1. The van der Waals surface area contributed by atoms with E-state index < -0.39 is 0 Å². The average Bonchev–Trinajstić information content (AvgIpc) is 3.17. The standard InChI is InChI=1S/C20H19N3O3/c24-20(15-7-4-8-17-19(15)26-12-11-25-17)21-10-9-18-22-13-16(23-18)14-5-2-1-3-6-14/h1-8,13H,9-12H2,(H,21,24)(H,22,23). The van der Waals surface area contributed by atoms with Gasteiger partial charge in [0.1, 0.15) is 19.0 Å². The van der Waals surface area contributed by atoms with E-state index in [1.165, 1.54) is 0 Å². The van der Waals surface area contributed by atoms with Gasteiger partial charge in [-0.15, -0.1) is 0 Å². The van der Waals surface area contributed by atoms with E-state index in [9.17, 15) is 4.79 Å². The highest BCUT2D eigenvalue weighted by Crippen LogP contribution is 2.33. The minimum absolute atomic E-state index is 0.179. The minimum atomic E-state index is -0.179. The molecule has 2 heterocycles. The lowest BCUT2D eigenvalue weighted by Gasteiger charge is -2.20. The van der Waals surface area contributed by atoms with Crippen LogP contribution in [0.5, 0.6) is 11.5 Å². The van der Waals surface area contributed by atoms with Crippen LogP contribution in [0.3, 0.4) is 0 Å². The zero-order chi connectivity index (χ0) is 17.8. The van der Waals surface area contributed by atoms with Gasteiger partial charge in [0.05, 0.1) is 17.5 Å². The highest BCUT2D eigenvalue weighted by Gasteiger charge is 2.20. The third-order valence-corrected chi connectivity index (χ3v) is 4.17. The summed E-state index contributed by atoms with van der Waals surface area (Å²) in [4.78, 5) is 20.1. The van der Waals surface area contributed by atoms with Crippen LogP contribution in [0.2, 0.25) is 0 Å². The minimum Gasteiger partial charge on any atom is -0.486 e.